The van der Waals surface area contributed by atoms with Gasteiger partial charge in [0, 0.05) is 17.3 Å². The molecule has 5 heteroatoms. The summed E-state index contributed by atoms with van der Waals surface area (Å²) in [6, 6.07) is 1.83. The van der Waals surface area contributed by atoms with Crippen molar-refractivity contribution < 1.29 is 5.11 Å². The third-order valence-electron chi connectivity index (χ3n) is 1.16. The SMILES string of the molecule is OC(CBr)CSc1ccncn1. The summed E-state index contributed by atoms with van der Waals surface area (Å²) in [6.07, 6.45) is 2.88. The second kappa shape index (κ2) is 5.50. The van der Waals surface area contributed by atoms with Gasteiger partial charge >= 0.3 is 0 Å². The number of thioether (sulfide) groups is 1. The largest absolute Gasteiger partial charge is 0.391 e. The quantitative estimate of drug-likeness (QED) is 0.496. The molecule has 1 atom stereocenters. The molecule has 1 N–H and O–H groups in total. The molecule has 0 aliphatic rings. The highest BCUT2D eigenvalue weighted by Gasteiger charge is 2.02. The van der Waals surface area contributed by atoms with Crippen molar-refractivity contribution in [3.05, 3.63) is 18.6 Å². The summed E-state index contributed by atoms with van der Waals surface area (Å²) in [4.78, 5) is 7.81. The van der Waals surface area contributed by atoms with E-state index in [1.54, 1.807) is 6.20 Å². The maximum atomic E-state index is 9.21. The van der Waals surface area contributed by atoms with E-state index in [1.807, 2.05) is 6.07 Å². The number of rotatable bonds is 4. The smallest absolute Gasteiger partial charge is 0.116 e. The van der Waals surface area contributed by atoms with Crippen LogP contribution in [0.15, 0.2) is 23.6 Å². The maximum Gasteiger partial charge on any atom is 0.116 e. The standard InChI is InChI=1S/C7H9BrN2OS/c8-3-6(11)4-12-7-1-2-9-5-10-7/h1-2,5-6,11H,3-4H2. The zero-order valence-electron chi connectivity index (χ0n) is 6.35. The van der Waals surface area contributed by atoms with Crippen LogP contribution in [0, 0.1) is 0 Å². The number of hydrogen-bond donors (Lipinski definition) is 1. The van der Waals surface area contributed by atoms with Crippen LogP contribution in [0.1, 0.15) is 0 Å². The normalized spacial score (nSPS) is 12.8. The molecule has 3 nitrogen and oxygen atoms in total. The predicted molar refractivity (Wildman–Crippen MR) is 52.6 cm³/mol. The van der Waals surface area contributed by atoms with Crippen LogP contribution < -0.4 is 0 Å². The van der Waals surface area contributed by atoms with Crippen LogP contribution in [-0.4, -0.2) is 32.3 Å². The Morgan fingerprint density at radius 2 is 2.50 bits per heavy atom. The first kappa shape index (κ1) is 9.95. The Balaban J connectivity index is 2.33. The van der Waals surface area contributed by atoms with Crippen LogP contribution >= 0.6 is 27.7 Å². The molecular formula is C7H9BrN2OS. The molecule has 0 amide bonds. The Morgan fingerprint density at radius 1 is 1.67 bits per heavy atom. The van der Waals surface area contributed by atoms with Gasteiger partial charge in [0.25, 0.3) is 0 Å². The third-order valence-corrected chi connectivity index (χ3v) is 2.99. The molecule has 1 heterocycles. The fourth-order valence-corrected chi connectivity index (χ4v) is 1.88. The van der Waals surface area contributed by atoms with Crippen LogP contribution in [0.3, 0.4) is 0 Å². The van der Waals surface area contributed by atoms with Crippen molar-refractivity contribution in [1.82, 2.24) is 9.97 Å². The molecule has 0 fully saturated rings. The number of halogens is 1. The molecule has 1 rings (SSSR count). The number of alkyl halides is 1. The molecule has 1 aromatic heterocycles. The highest BCUT2D eigenvalue weighted by Crippen LogP contribution is 2.14. The summed E-state index contributed by atoms with van der Waals surface area (Å²) in [5.74, 6) is 0.655. The first-order valence-corrected chi connectivity index (χ1v) is 5.56. The number of nitrogens with zero attached hydrogens (tertiary/aromatic N) is 2. The molecule has 0 spiro atoms. The molecule has 0 aliphatic carbocycles. The van der Waals surface area contributed by atoms with Gasteiger partial charge in [0.2, 0.25) is 0 Å². The highest BCUT2D eigenvalue weighted by molar-refractivity contribution is 9.09. The van der Waals surface area contributed by atoms with Crippen LogP contribution in [-0.2, 0) is 0 Å². The number of aliphatic hydroxyl groups is 1. The van der Waals surface area contributed by atoms with Gasteiger partial charge in [-0.3, -0.25) is 0 Å². The molecule has 0 aromatic carbocycles. The highest BCUT2D eigenvalue weighted by atomic mass is 79.9. The summed E-state index contributed by atoms with van der Waals surface area (Å²) in [6.45, 7) is 0. The van der Waals surface area contributed by atoms with Gasteiger partial charge in [0.05, 0.1) is 11.1 Å². The van der Waals surface area contributed by atoms with Crippen LogP contribution in [0.5, 0.6) is 0 Å². The van der Waals surface area contributed by atoms with Crippen molar-refractivity contribution in [2.75, 3.05) is 11.1 Å². The van der Waals surface area contributed by atoms with Crippen molar-refractivity contribution >= 4 is 27.7 Å². The molecular weight excluding hydrogens is 240 g/mol. The lowest BCUT2D eigenvalue weighted by Gasteiger charge is -2.04. The Labute approximate surface area is 83.8 Å². The zero-order chi connectivity index (χ0) is 8.81. The summed E-state index contributed by atoms with van der Waals surface area (Å²) < 4.78 is 0. The van der Waals surface area contributed by atoms with Gasteiger partial charge in [-0.2, -0.15) is 0 Å². The predicted octanol–water partition coefficient (Wildman–Crippen LogP) is 1.32. The fourth-order valence-electron chi connectivity index (χ4n) is 0.590. The van der Waals surface area contributed by atoms with Crippen molar-refractivity contribution in [1.29, 1.82) is 0 Å². The number of aliphatic hydroxyl groups excluding tert-OH is 1. The Bertz CT molecular complexity index is 222. The van der Waals surface area contributed by atoms with Crippen molar-refractivity contribution in [3.8, 4) is 0 Å². The first-order valence-electron chi connectivity index (χ1n) is 3.45. The second-order valence-corrected chi connectivity index (χ2v) is 3.85. The maximum absolute atomic E-state index is 9.21. The van der Waals surface area contributed by atoms with E-state index in [1.165, 1.54) is 18.1 Å². The molecule has 66 valence electrons. The van der Waals surface area contributed by atoms with E-state index in [0.717, 1.165) is 5.03 Å². The van der Waals surface area contributed by atoms with Crippen molar-refractivity contribution in [2.24, 2.45) is 0 Å². The van der Waals surface area contributed by atoms with Gasteiger partial charge in [-0.1, -0.05) is 15.9 Å². The average molecular weight is 249 g/mol. The van der Waals surface area contributed by atoms with Gasteiger partial charge in [-0.25, -0.2) is 9.97 Å². The van der Waals surface area contributed by atoms with Crippen LogP contribution in [0.25, 0.3) is 0 Å². The Hall–Kier alpha value is -0.130. The zero-order valence-corrected chi connectivity index (χ0v) is 8.75. The van der Waals surface area contributed by atoms with Crippen LogP contribution in [0.4, 0.5) is 0 Å². The van der Waals surface area contributed by atoms with Crippen molar-refractivity contribution in [2.45, 2.75) is 11.1 Å². The van der Waals surface area contributed by atoms with E-state index >= 15 is 0 Å². The average Bonchev–Trinajstić information content (AvgIpc) is 2.16. The fraction of sp³-hybridized carbons (Fsp3) is 0.429. The lowest BCUT2D eigenvalue weighted by atomic mass is 10.5. The van der Waals surface area contributed by atoms with E-state index in [-0.39, 0.29) is 6.10 Å². The first-order chi connectivity index (χ1) is 5.83. The molecule has 1 aromatic rings. The van der Waals surface area contributed by atoms with E-state index in [0.29, 0.717) is 11.1 Å². The second-order valence-electron chi connectivity index (χ2n) is 2.17. The summed E-state index contributed by atoms with van der Waals surface area (Å²) in [5.41, 5.74) is 0. The van der Waals surface area contributed by atoms with E-state index < -0.39 is 0 Å². The van der Waals surface area contributed by atoms with E-state index in [2.05, 4.69) is 25.9 Å². The minimum Gasteiger partial charge on any atom is -0.391 e. The topological polar surface area (TPSA) is 46.0 Å². The summed E-state index contributed by atoms with van der Waals surface area (Å²) >= 11 is 4.71. The number of hydrogen-bond acceptors (Lipinski definition) is 4. The molecule has 0 saturated heterocycles. The molecule has 0 saturated carbocycles. The minimum atomic E-state index is -0.315. The van der Waals surface area contributed by atoms with Gasteiger partial charge in [0.15, 0.2) is 0 Å². The summed E-state index contributed by atoms with van der Waals surface area (Å²) in [7, 11) is 0. The Kier molecular flexibility index (Phi) is 4.57. The van der Waals surface area contributed by atoms with E-state index in [9.17, 15) is 5.11 Å². The molecule has 0 radical (unpaired) electrons. The Morgan fingerprint density at radius 3 is 3.08 bits per heavy atom. The van der Waals surface area contributed by atoms with Crippen LogP contribution in [0.2, 0.25) is 0 Å². The lowest BCUT2D eigenvalue weighted by Crippen LogP contribution is -2.10. The summed E-state index contributed by atoms with van der Waals surface area (Å²) in [5, 5.41) is 10.7. The molecule has 0 bridgehead atoms. The lowest BCUT2D eigenvalue weighted by molar-refractivity contribution is 0.226. The molecule has 12 heavy (non-hydrogen) atoms. The van der Waals surface area contributed by atoms with E-state index in [4.69, 9.17) is 0 Å². The number of aromatic nitrogens is 2. The monoisotopic (exact) mass is 248 g/mol. The molecule has 0 aliphatic heterocycles. The molecule has 1 unspecified atom stereocenters. The minimum absolute atomic E-state index is 0.315. The van der Waals surface area contributed by atoms with Crippen molar-refractivity contribution in [3.63, 3.8) is 0 Å². The van der Waals surface area contributed by atoms with Gasteiger partial charge in [0.1, 0.15) is 6.33 Å². The third kappa shape index (κ3) is 3.51. The van der Waals surface area contributed by atoms with Gasteiger partial charge in [-0.15, -0.1) is 11.8 Å². The van der Waals surface area contributed by atoms with Gasteiger partial charge < -0.3 is 5.11 Å². The van der Waals surface area contributed by atoms with Gasteiger partial charge in [-0.05, 0) is 6.07 Å².